The van der Waals surface area contributed by atoms with Crippen LogP contribution in [0.15, 0.2) is 47.4 Å². The van der Waals surface area contributed by atoms with Crippen LogP contribution in [-0.4, -0.2) is 50.0 Å². The molecule has 8 nitrogen and oxygen atoms in total. The van der Waals surface area contributed by atoms with Crippen LogP contribution in [0.3, 0.4) is 0 Å². The Kier molecular flexibility index (Phi) is 5.88. The monoisotopic (exact) mass is 469 g/mol. The Labute approximate surface area is 193 Å². The third-order valence-corrected chi connectivity index (χ3v) is 8.16. The molecule has 0 aromatic heterocycles. The summed E-state index contributed by atoms with van der Waals surface area (Å²) in [5, 5.41) is 2.73. The number of carbonyl (C=O) groups excluding carboxylic acids is 3. The first-order chi connectivity index (χ1) is 15.5. The summed E-state index contributed by atoms with van der Waals surface area (Å²) >= 11 is 0. The number of carbonyl (C=O) groups is 3. The van der Waals surface area contributed by atoms with Crippen LogP contribution in [0, 0.1) is 0 Å². The minimum atomic E-state index is -3.62. The summed E-state index contributed by atoms with van der Waals surface area (Å²) in [5.41, 5.74) is 1.08. The number of fused-ring (bicyclic) bond motifs is 1. The van der Waals surface area contributed by atoms with Crippen molar-refractivity contribution in [1.29, 1.82) is 0 Å². The quantitative estimate of drug-likeness (QED) is 0.655. The number of amides is 2. The number of anilines is 2. The molecule has 0 spiro atoms. The van der Waals surface area contributed by atoms with Gasteiger partial charge in [0.2, 0.25) is 21.8 Å². The third kappa shape index (κ3) is 4.18. The number of nitrogens with zero attached hydrogens (tertiary/aromatic N) is 2. The van der Waals surface area contributed by atoms with Crippen molar-refractivity contribution in [2.75, 3.05) is 29.9 Å². The van der Waals surface area contributed by atoms with Crippen molar-refractivity contribution < 1.29 is 22.8 Å². The number of hydrogen-bond acceptors (Lipinski definition) is 5. The molecule has 0 unspecified atom stereocenters. The number of nitrogens with one attached hydrogen (secondary N) is 1. The number of Topliss-reactive ketones (excluding diaryl/α,β-unsaturated/α-hetero) is 1. The van der Waals surface area contributed by atoms with Gasteiger partial charge in [0, 0.05) is 30.0 Å². The van der Waals surface area contributed by atoms with Crippen LogP contribution in [0.2, 0.25) is 0 Å². The summed E-state index contributed by atoms with van der Waals surface area (Å²) in [6.45, 7) is 5.68. The normalized spacial score (nSPS) is 17.8. The van der Waals surface area contributed by atoms with Crippen molar-refractivity contribution in [3.05, 3.63) is 53.6 Å². The Morgan fingerprint density at radius 1 is 1.06 bits per heavy atom. The molecule has 0 atom stereocenters. The zero-order valence-corrected chi connectivity index (χ0v) is 19.7. The summed E-state index contributed by atoms with van der Waals surface area (Å²) in [6.07, 6.45) is 1.68. The van der Waals surface area contributed by atoms with Crippen LogP contribution in [0.5, 0.6) is 0 Å². The van der Waals surface area contributed by atoms with E-state index in [-0.39, 0.29) is 23.1 Å². The molecule has 0 saturated carbocycles. The molecule has 2 amide bonds. The van der Waals surface area contributed by atoms with Crippen molar-refractivity contribution in [3.8, 4) is 0 Å². The molecule has 0 bridgehead atoms. The van der Waals surface area contributed by atoms with Crippen LogP contribution in [0.25, 0.3) is 0 Å². The Bertz CT molecular complexity index is 1250. The molecule has 0 radical (unpaired) electrons. The fourth-order valence-corrected chi connectivity index (χ4v) is 5.91. The molecule has 4 rings (SSSR count). The second-order valence-corrected chi connectivity index (χ2v) is 10.9. The van der Waals surface area contributed by atoms with E-state index in [1.807, 2.05) is 0 Å². The van der Waals surface area contributed by atoms with Gasteiger partial charge in [0.15, 0.2) is 5.78 Å². The Morgan fingerprint density at radius 2 is 1.76 bits per heavy atom. The molecule has 2 heterocycles. The fourth-order valence-electron chi connectivity index (χ4n) is 4.37. The van der Waals surface area contributed by atoms with Crippen molar-refractivity contribution >= 4 is 39.0 Å². The first-order valence-electron chi connectivity index (χ1n) is 10.9. The van der Waals surface area contributed by atoms with Gasteiger partial charge in [-0.25, -0.2) is 8.42 Å². The van der Waals surface area contributed by atoms with Gasteiger partial charge in [-0.05, 0) is 69.5 Å². The number of ketones is 1. The highest BCUT2D eigenvalue weighted by atomic mass is 32.2. The van der Waals surface area contributed by atoms with Gasteiger partial charge < -0.3 is 10.2 Å². The molecule has 0 aliphatic carbocycles. The SMILES string of the molecule is CC(=O)c1cccc(NC(=O)CN2C(=O)C(C)(C)c3cc(S(=O)(=O)N4CCCC4)ccc32)c1. The van der Waals surface area contributed by atoms with E-state index in [0.29, 0.717) is 35.6 Å². The van der Waals surface area contributed by atoms with Crippen LogP contribution < -0.4 is 10.2 Å². The van der Waals surface area contributed by atoms with Crippen molar-refractivity contribution in [2.24, 2.45) is 0 Å². The van der Waals surface area contributed by atoms with E-state index in [1.54, 1.807) is 50.2 Å². The highest BCUT2D eigenvalue weighted by Gasteiger charge is 2.45. The van der Waals surface area contributed by atoms with E-state index in [2.05, 4.69) is 5.32 Å². The molecule has 174 valence electrons. The first-order valence-corrected chi connectivity index (χ1v) is 12.3. The van der Waals surface area contributed by atoms with E-state index < -0.39 is 21.3 Å². The van der Waals surface area contributed by atoms with Crippen LogP contribution in [-0.2, 0) is 25.0 Å². The maximum Gasteiger partial charge on any atom is 0.244 e. The molecule has 2 aromatic carbocycles. The summed E-state index contributed by atoms with van der Waals surface area (Å²) in [4.78, 5) is 39.0. The Hall–Kier alpha value is -3.04. The molecule has 1 fully saturated rings. The fraction of sp³-hybridized carbons (Fsp3) is 0.375. The molecule has 2 aliphatic rings. The minimum absolute atomic E-state index is 0.115. The van der Waals surface area contributed by atoms with Crippen LogP contribution >= 0.6 is 0 Å². The minimum Gasteiger partial charge on any atom is -0.325 e. The Balaban J connectivity index is 1.59. The molecular formula is C24H27N3O5S. The standard InChI is InChI=1S/C24H27N3O5S/c1-16(28)17-7-6-8-18(13-17)25-22(29)15-27-21-10-9-19(14-20(21)24(2,3)23(27)30)33(31,32)26-11-4-5-12-26/h6-10,13-14H,4-5,11-12,15H2,1-3H3,(H,25,29). The van der Waals surface area contributed by atoms with Gasteiger partial charge in [0.1, 0.15) is 6.54 Å². The maximum absolute atomic E-state index is 13.2. The molecule has 2 aliphatic heterocycles. The van der Waals surface area contributed by atoms with E-state index >= 15 is 0 Å². The topological polar surface area (TPSA) is 104 Å². The predicted octanol–water partition coefficient (Wildman–Crippen LogP) is 2.94. The van der Waals surface area contributed by atoms with Gasteiger partial charge in [-0.2, -0.15) is 4.31 Å². The number of sulfonamides is 1. The second-order valence-electron chi connectivity index (χ2n) is 8.99. The number of rotatable bonds is 6. The van der Waals surface area contributed by atoms with Crippen molar-refractivity contribution in [2.45, 2.75) is 43.9 Å². The summed E-state index contributed by atoms with van der Waals surface area (Å²) in [5.74, 6) is -0.807. The molecule has 33 heavy (non-hydrogen) atoms. The summed E-state index contributed by atoms with van der Waals surface area (Å²) < 4.78 is 27.5. The van der Waals surface area contributed by atoms with E-state index in [9.17, 15) is 22.8 Å². The van der Waals surface area contributed by atoms with E-state index in [4.69, 9.17) is 0 Å². The van der Waals surface area contributed by atoms with Crippen molar-refractivity contribution in [3.63, 3.8) is 0 Å². The zero-order chi connectivity index (χ0) is 24.0. The average Bonchev–Trinajstić information content (AvgIpc) is 3.37. The third-order valence-electron chi connectivity index (χ3n) is 6.27. The lowest BCUT2D eigenvalue weighted by Crippen LogP contribution is -2.40. The second kappa shape index (κ2) is 8.39. The van der Waals surface area contributed by atoms with Gasteiger partial charge >= 0.3 is 0 Å². The van der Waals surface area contributed by atoms with Gasteiger partial charge in [-0.15, -0.1) is 0 Å². The highest BCUT2D eigenvalue weighted by molar-refractivity contribution is 7.89. The van der Waals surface area contributed by atoms with Crippen LogP contribution in [0.4, 0.5) is 11.4 Å². The van der Waals surface area contributed by atoms with Gasteiger partial charge in [-0.1, -0.05) is 12.1 Å². The summed E-state index contributed by atoms with van der Waals surface area (Å²) in [7, 11) is -3.62. The van der Waals surface area contributed by atoms with Gasteiger partial charge in [0.25, 0.3) is 0 Å². The summed E-state index contributed by atoms with van der Waals surface area (Å²) in [6, 6.07) is 11.3. The highest BCUT2D eigenvalue weighted by Crippen LogP contribution is 2.43. The smallest absolute Gasteiger partial charge is 0.244 e. The molecule has 2 aromatic rings. The lowest BCUT2D eigenvalue weighted by Gasteiger charge is -2.20. The first kappa shape index (κ1) is 23.1. The van der Waals surface area contributed by atoms with E-state index in [0.717, 1.165) is 12.8 Å². The van der Waals surface area contributed by atoms with Gasteiger partial charge in [-0.3, -0.25) is 14.4 Å². The number of hydrogen-bond donors (Lipinski definition) is 1. The maximum atomic E-state index is 13.2. The average molecular weight is 470 g/mol. The number of benzene rings is 2. The predicted molar refractivity (Wildman–Crippen MR) is 125 cm³/mol. The lowest BCUT2D eigenvalue weighted by molar-refractivity contribution is -0.124. The molecule has 1 N–H and O–H groups in total. The largest absolute Gasteiger partial charge is 0.325 e. The molecule has 1 saturated heterocycles. The van der Waals surface area contributed by atoms with Gasteiger partial charge in [0.05, 0.1) is 10.3 Å². The molecule has 9 heteroatoms. The van der Waals surface area contributed by atoms with E-state index in [1.165, 1.54) is 22.2 Å². The Morgan fingerprint density at radius 3 is 2.42 bits per heavy atom. The molecular weight excluding hydrogens is 442 g/mol. The lowest BCUT2D eigenvalue weighted by atomic mass is 9.86. The van der Waals surface area contributed by atoms with Crippen LogP contribution in [0.1, 0.15) is 49.5 Å². The zero-order valence-electron chi connectivity index (χ0n) is 18.9. The van der Waals surface area contributed by atoms with Crippen molar-refractivity contribution in [1.82, 2.24) is 4.31 Å².